The molecule has 1 aliphatic rings. The van der Waals surface area contributed by atoms with Crippen LogP contribution in [0.1, 0.15) is 25.3 Å². The van der Waals surface area contributed by atoms with Gasteiger partial charge in [0.1, 0.15) is 0 Å². The van der Waals surface area contributed by atoms with E-state index >= 15 is 0 Å². The van der Waals surface area contributed by atoms with Gasteiger partial charge in [-0.1, -0.05) is 6.07 Å². The molecule has 0 aromatic heterocycles. The number of nitrogens with zero attached hydrogens (tertiary/aromatic N) is 1. The lowest BCUT2D eigenvalue weighted by Gasteiger charge is -2.20. The molecule has 1 saturated heterocycles. The molecule has 1 aromatic carbocycles. The first-order chi connectivity index (χ1) is 9.97. The van der Waals surface area contributed by atoms with Crippen molar-refractivity contribution in [3.8, 4) is 11.5 Å². The van der Waals surface area contributed by atoms with Gasteiger partial charge >= 0.3 is 5.97 Å². The number of likely N-dealkylation sites (tertiary alicyclic amines) is 1. The molecule has 1 aromatic rings. The van der Waals surface area contributed by atoms with E-state index < -0.39 is 5.97 Å². The zero-order valence-electron chi connectivity index (χ0n) is 13.0. The second-order valence-electron chi connectivity index (χ2n) is 5.71. The first-order valence-corrected chi connectivity index (χ1v) is 7.16. The average Bonchev–Trinajstić information content (AvgIpc) is 2.92. The maximum atomic E-state index is 11.5. The number of methoxy groups -OCH3 is 2. The Labute approximate surface area is 125 Å². The van der Waals surface area contributed by atoms with Crippen LogP contribution in [0, 0.1) is 5.92 Å². The summed E-state index contributed by atoms with van der Waals surface area (Å²) in [4.78, 5) is 13.8. The van der Waals surface area contributed by atoms with Gasteiger partial charge in [-0.15, -0.1) is 0 Å². The highest BCUT2D eigenvalue weighted by atomic mass is 16.5. The van der Waals surface area contributed by atoms with Gasteiger partial charge in [0.25, 0.3) is 0 Å². The molecular weight excluding hydrogens is 270 g/mol. The van der Waals surface area contributed by atoms with Gasteiger partial charge in [0, 0.05) is 25.0 Å². The van der Waals surface area contributed by atoms with Gasteiger partial charge in [0.05, 0.1) is 20.1 Å². The Morgan fingerprint density at radius 3 is 2.43 bits per heavy atom. The summed E-state index contributed by atoms with van der Waals surface area (Å²) in [6.07, 6.45) is 0. The molecule has 0 aliphatic carbocycles. The lowest BCUT2D eigenvalue weighted by atomic mass is 9.89. The van der Waals surface area contributed by atoms with E-state index in [0.29, 0.717) is 24.1 Å². The minimum atomic E-state index is -0.738. The van der Waals surface area contributed by atoms with Crippen LogP contribution in [0.15, 0.2) is 18.2 Å². The molecule has 2 atom stereocenters. The molecule has 1 aliphatic heterocycles. The van der Waals surface area contributed by atoms with Gasteiger partial charge in [-0.2, -0.15) is 0 Å². The normalized spacial score (nSPS) is 22.5. The lowest BCUT2D eigenvalue weighted by molar-refractivity contribution is -0.141. The van der Waals surface area contributed by atoms with Crippen molar-refractivity contribution in [1.82, 2.24) is 4.90 Å². The van der Waals surface area contributed by atoms with Crippen LogP contribution in [0.25, 0.3) is 0 Å². The number of ether oxygens (including phenoxy) is 2. The fourth-order valence-electron chi connectivity index (χ4n) is 2.93. The van der Waals surface area contributed by atoms with Crippen molar-refractivity contribution >= 4 is 5.97 Å². The van der Waals surface area contributed by atoms with Crippen molar-refractivity contribution in [3.63, 3.8) is 0 Å². The van der Waals surface area contributed by atoms with E-state index in [-0.39, 0.29) is 11.8 Å². The highest BCUT2D eigenvalue weighted by Gasteiger charge is 2.39. The van der Waals surface area contributed by atoms with Crippen molar-refractivity contribution in [2.75, 3.05) is 27.3 Å². The third-order valence-corrected chi connectivity index (χ3v) is 4.23. The van der Waals surface area contributed by atoms with Gasteiger partial charge < -0.3 is 14.6 Å². The Bertz CT molecular complexity index is 515. The first-order valence-electron chi connectivity index (χ1n) is 7.16. The van der Waals surface area contributed by atoms with E-state index in [4.69, 9.17) is 9.47 Å². The monoisotopic (exact) mass is 293 g/mol. The molecule has 116 valence electrons. The lowest BCUT2D eigenvalue weighted by Crippen LogP contribution is -2.29. The zero-order valence-corrected chi connectivity index (χ0v) is 13.0. The van der Waals surface area contributed by atoms with E-state index in [0.717, 1.165) is 12.1 Å². The second-order valence-corrected chi connectivity index (χ2v) is 5.71. The van der Waals surface area contributed by atoms with Crippen molar-refractivity contribution in [2.24, 2.45) is 5.92 Å². The summed E-state index contributed by atoms with van der Waals surface area (Å²) in [5, 5.41) is 9.49. The molecule has 0 saturated carbocycles. The molecule has 0 spiro atoms. The molecule has 2 unspecified atom stereocenters. The third-order valence-electron chi connectivity index (χ3n) is 4.23. The molecular formula is C16H23NO4. The zero-order chi connectivity index (χ0) is 15.6. The third kappa shape index (κ3) is 3.13. The number of rotatable bonds is 5. The predicted molar refractivity (Wildman–Crippen MR) is 80.1 cm³/mol. The number of carboxylic acids is 1. The Morgan fingerprint density at radius 2 is 1.90 bits per heavy atom. The number of hydrogen-bond donors (Lipinski definition) is 1. The van der Waals surface area contributed by atoms with Gasteiger partial charge in [0.2, 0.25) is 0 Å². The minimum Gasteiger partial charge on any atom is -0.493 e. The fourth-order valence-corrected chi connectivity index (χ4v) is 2.93. The summed E-state index contributed by atoms with van der Waals surface area (Å²) in [5.41, 5.74) is 0.989. The van der Waals surface area contributed by atoms with Crippen molar-refractivity contribution in [2.45, 2.75) is 25.8 Å². The molecule has 1 N–H and O–H groups in total. The van der Waals surface area contributed by atoms with Gasteiger partial charge in [-0.25, -0.2) is 0 Å². The van der Waals surface area contributed by atoms with Crippen molar-refractivity contribution in [1.29, 1.82) is 0 Å². The number of aliphatic carboxylic acids is 1. The summed E-state index contributed by atoms with van der Waals surface area (Å²) in [7, 11) is 3.18. The summed E-state index contributed by atoms with van der Waals surface area (Å²) in [6.45, 7) is 5.53. The van der Waals surface area contributed by atoms with Crippen molar-refractivity contribution in [3.05, 3.63) is 23.8 Å². The van der Waals surface area contributed by atoms with Crippen LogP contribution >= 0.6 is 0 Å². The van der Waals surface area contributed by atoms with Crippen LogP contribution in [0.3, 0.4) is 0 Å². The summed E-state index contributed by atoms with van der Waals surface area (Å²) < 4.78 is 10.6. The van der Waals surface area contributed by atoms with E-state index in [9.17, 15) is 9.90 Å². The fraction of sp³-hybridized carbons (Fsp3) is 0.562. The van der Waals surface area contributed by atoms with Gasteiger partial charge in [0.15, 0.2) is 11.5 Å². The van der Waals surface area contributed by atoms with Crippen LogP contribution < -0.4 is 9.47 Å². The standard InChI is InChI=1S/C16H23NO4/c1-10(2)17-8-12(13(9-17)16(18)19)11-5-6-14(20-3)15(7-11)21-4/h5-7,10,12-13H,8-9H2,1-4H3,(H,18,19). The highest BCUT2D eigenvalue weighted by molar-refractivity contribution is 5.72. The van der Waals surface area contributed by atoms with Crippen LogP contribution in [-0.2, 0) is 4.79 Å². The maximum absolute atomic E-state index is 11.5. The Balaban J connectivity index is 2.32. The highest BCUT2D eigenvalue weighted by Crippen LogP contribution is 2.37. The van der Waals surface area contributed by atoms with Crippen LogP contribution in [0.4, 0.5) is 0 Å². The van der Waals surface area contributed by atoms with E-state index in [2.05, 4.69) is 18.7 Å². The summed E-state index contributed by atoms with van der Waals surface area (Å²) in [5.74, 6) is 0.155. The first kappa shape index (κ1) is 15.6. The maximum Gasteiger partial charge on any atom is 0.308 e. The topological polar surface area (TPSA) is 59.0 Å². The molecule has 2 rings (SSSR count). The molecule has 0 radical (unpaired) electrons. The predicted octanol–water partition coefficient (Wildman–Crippen LogP) is 2.21. The number of hydrogen-bond acceptors (Lipinski definition) is 4. The molecule has 0 bridgehead atoms. The molecule has 0 amide bonds. The Morgan fingerprint density at radius 1 is 1.24 bits per heavy atom. The molecule has 1 heterocycles. The van der Waals surface area contributed by atoms with Crippen LogP contribution in [0.5, 0.6) is 11.5 Å². The Kier molecular flexibility index (Phi) is 4.73. The molecule has 5 heteroatoms. The quantitative estimate of drug-likeness (QED) is 0.902. The van der Waals surface area contributed by atoms with Crippen LogP contribution in [0.2, 0.25) is 0 Å². The largest absolute Gasteiger partial charge is 0.493 e. The Hall–Kier alpha value is -1.75. The SMILES string of the molecule is COc1ccc(C2CN(C(C)C)CC2C(=O)O)cc1OC. The number of benzene rings is 1. The van der Waals surface area contributed by atoms with E-state index in [1.165, 1.54) is 0 Å². The molecule has 21 heavy (non-hydrogen) atoms. The van der Waals surface area contributed by atoms with Gasteiger partial charge in [-0.05, 0) is 31.5 Å². The average molecular weight is 293 g/mol. The van der Waals surface area contributed by atoms with E-state index in [1.807, 2.05) is 18.2 Å². The number of carbonyl (C=O) groups is 1. The second kappa shape index (κ2) is 6.35. The van der Waals surface area contributed by atoms with E-state index in [1.54, 1.807) is 14.2 Å². The van der Waals surface area contributed by atoms with Crippen molar-refractivity contribution < 1.29 is 19.4 Å². The summed E-state index contributed by atoms with van der Waals surface area (Å²) in [6, 6.07) is 6.01. The van der Waals surface area contributed by atoms with Crippen LogP contribution in [-0.4, -0.2) is 49.3 Å². The summed E-state index contributed by atoms with van der Waals surface area (Å²) >= 11 is 0. The molecule has 5 nitrogen and oxygen atoms in total. The molecule has 1 fully saturated rings. The van der Waals surface area contributed by atoms with Gasteiger partial charge in [-0.3, -0.25) is 9.69 Å². The number of carboxylic acid groups (broad SMARTS) is 1. The minimum absolute atomic E-state index is 0.0234. The smallest absolute Gasteiger partial charge is 0.308 e.